The van der Waals surface area contributed by atoms with Crippen LogP contribution in [0.5, 0.6) is 0 Å². The van der Waals surface area contributed by atoms with Crippen molar-refractivity contribution >= 4 is 11.4 Å². The summed E-state index contributed by atoms with van der Waals surface area (Å²) in [6.45, 7) is 3.83. The Hall–Kier alpha value is -1.22. The van der Waals surface area contributed by atoms with Gasteiger partial charge in [-0.15, -0.1) is 0 Å². The lowest BCUT2D eigenvalue weighted by Gasteiger charge is -2.07. The Balaban J connectivity index is 2.07. The first-order chi connectivity index (χ1) is 8.74. The third-order valence-electron chi connectivity index (χ3n) is 3.08. The molecule has 0 aromatic heterocycles. The van der Waals surface area contributed by atoms with Crippen LogP contribution in [-0.2, 0) is 11.2 Å². The van der Waals surface area contributed by atoms with Crippen LogP contribution in [-0.4, -0.2) is 13.2 Å². The molecule has 102 valence electrons. The van der Waals surface area contributed by atoms with Gasteiger partial charge in [0.1, 0.15) is 0 Å². The molecule has 0 unspecified atom stereocenters. The Kier molecular flexibility index (Phi) is 7.26. The van der Waals surface area contributed by atoms with E-state index >= 15 is 0 Å². The van der Waals surface area contributed by atoms with Crippen molar-refractivity contribution in [3.05, 3.63) is 23.8 Å². The van der Waals surface area contributed by atoms with Gasteiger partial charge in [0.25, 0.3) is 0 Å². The molecule has 1 rings (SSSR count). The van der Waals surface area contributed by atoms with Crippen LogP contribution in [0, 0.1) is 0 Å². The zero-order valence-electron chi connectivity index (χ0n) is 11.5. The number of benzene rings is 1. The van der Waals surface area contributed by atoms with Crippen molar-refractivity contribution in [1.82, 2.24) is 0 Å². The fourth-order valence-corrected chi connectivity index (χ4v) is 1.93. The van der Waals surface area contributed by atoms with Gasteiger partial charge in [-0.1, -0.05) is 38.7 Å². The van der Waals surface area contributed by atoms with E-state index in [4.69, 9.17) is 16.2 Å². The first kappa shape index (κ1) is 14.8. The molecule has 4 N–H and O–H groups in total. The first-order valence-corrected chi connectivity index (χ1v) is 6.95. The van der Waals surface area contributed by atoms with Crippen molar-refractivity contribution in [2.75, 3.05) is 24.7 Å². The monoisotopic (exact) mass is 250 g/mol. The second-order valence-corrected chi connectivity index (χ2v) is 4.73. The average Bonchev–Trinajstić information content (AvgIpc) is 2.35. The maximum atomic E-state index is 5.88. The van der Waals surface area contributed by atoms with Gasteiger partial charge in [0.15, 0.2) is 0 Å². The highest BCUT2D eigenvalue weighted by atomic mass is 16.5. The van der Waals surface area contributed by atoms with Crippen LogP contribution in [0.25, 0.3) is 0 Å². The SMILES string of the molecule is CCCCCCCOCCc1ccc(N)cc1N. The molecule has 0 spiro atoms. The van der Waals surface area contributed by atoms with Crippen LogP contribution < -0.4 is 11.5 Å². The number of hydrogen-bond acceptors (Lipinski definition) is 3. The smallest absolute Gasteiger partial charge is 0.0507 e. The minimum absolute atomic E-state index is 0.716. The molecule has 0 saturated heterocycles. The first-order valence-electron chi connectivity index (χ1n) is 6.95. The second kappa shape index (κ2) is 8.81. The normalized spacial score (nSPS) is 10.7. The molecule has 1 aromatic rings. The molecule has 0 atom stereocenters. The van der Waals surface area contributed by atoms with Crippen molar-refractivity contribution in [2.24, 2.45) is 0 Å². The van der Waals surface area contributed by atoms with E-state index in [0.717, 1.165) is 37.3 Å². The van der Waals surface area contributed by atoms with Gasteiger partial charge in [-0.25, -0.2) is 0 Å². The summed E-state index contributed by atoms with van der Waals surface area (Å²) in [5.74, 6) is 0. The summed E-state index contributed by atoms with van der Waals surface area (Å²) in [6.07, 6.45) is 7.25. The van der Waals surface area contributed by atoms with E-state index in [1.807, 2.05) is 12.1 Å². The summed E-state index contributed by atoms with van der Waals surface area (Å²) in [7, 11) is 0. The fourth-order valence-electron chi connectivity index (χ4n) is 1.93. The summed E-state index contributed by atoms with van der Waals surface area (Å²) in [6, 6.07) is 5.67. The Bertz CT molecular complexity index is 339. The number of nitrogens with two attached hydrogens (primary N) is 2. The lowest BCUT2D eigenvalue weighted by molar-refractivity contribution is 0.133. The molecule has 3 heteroatoms. The van der Waals surface area contributed by atoms with Gasteiger partial charge in [0, 0.05) is 18.0 Å². The highest BCUT2D eigenvalue weighted by Crippen LogP contribution is 2.16. The van der Waals surface area contributed by atoms with Gasteiger partial charge in [-0.3, -0.25) is 0 Å². The summed E-state index contributed by atoms with van der Waals surface area (Å²) in [4.78, 5) is 0. The number of hydrogen-bond donors (Lipinski definition) is 2. The number of ether oxygens (including phenoxy) is 1. The van der Waals surface area contributed by atoms with E-state index in [1.54, 1.807) is 6.07 Å². The van der Waals surface area contributed by atoms with Gasteiger partial charge >= 0.3 is 0 Å². The lowest BCUT2D eigenvalue weighted by Crippen LogP contribution is -2.03. The van der Waals surface area contributed by atoms with E-state index in [-0.39, 0.29) is 0 Å². The maximum Gasteiger partial charge on any atom is 0.0507 e. The Labute approximate surface area is 111 Å². The summed E-state index contributed by atoms with van der Waals surface area (Å²) in [5.41, 5.74) is 14.1. The summed E-state index contributed by atoms with van der Waals surface area (Å²) >= 11 is 0. The third kappa shape index (κ3) is 5.92. The molecule has 1 aromatic carbocycles. The molecular weight excluding hydrogens is 224 g/mol. The quantitative estimate of drug-likeness (QED) is 0.521. The van der Waals surface area contributed by atoms with Crippen LogP contribution >= 0.6 is 0 Å². The fraction of sp³-hybridized carbons (Fsp3) is 0.600. The lowest BCUT2D eigenvalue weighted by atomic mass is 10.1. The molecule has 0 radical (unpaired) electrons. The van der Waals surface area contributed by atoms with Gasteiger partial charge in [-0.2, -0.15) is 0 Å². The molecular formula is C15H26N2O. The van der Waals surface area contributed by atoms with Crippen LogP contribution in [0.2, 0.25) is 0 Å². The van der Waals surface area contributed by atoms with E-state index in [9.17, 15) is 0 Å². The number of nitrogen functional groups attached to an aromatic ring is 2. The van der Waals surface area contributed by atoms with Crippen molar-refractivity contribution in [2.45, 2.75) is 45.4 Å². The summed E-state index contributed by atoms with van der Waals surface area (Å²) < 4.78 is 5.62. The molecule has 3 nitrogen and oxygen atoms in total. The molecule has 18 heavy (non-hydrogen) atoms. The Morgan fingerprint density at radius 3 is 2.50 bits per heavy atom. The highest BCUT2D eigenvalue weighted by Gasteiger charge is 1.99. The maximum absolute atomic E-state index is 5.88. The molecule has 0 fully saturated rings. The predicted octanol–water partition coefficient (Wildman–Crippen LogP) is 3.38. The largest absolute Gasteiger partial charge is 0.399 e. The van der Waals surface area contributed by atoms with Crippen molar-refractivity contribution in [1.29, 1.82) is 0 Å². The second-order valence-electron chi connectivity index (χ2n) is 4.73. The van der Waals surface area contributed by atoms with Gasteiger partial charge < -0.3 is 16.2 Å². The van der Waals surface area contributed by atoms with E-state index in [1.165, 1.54) is 25.7 Å². The molecule has 0 amide bonds. The van der Waals surface area contributed by atoms with E-state index in [0.29, 0.717) is 5.69 Å². The standard InChI is InChI=1S/C15H26N2O/c1-2-3-4-5-6-10-18-11-9-13-7-8-14(16)12-15(13)17/h7-8,12H,2-6,9-11,16-17H2,1H3. The molecule has 0 aliphatic rings. The molecule has 0 bridgehead atoms. The van der Waals surface area contributed by atoms with Crippen LogP contribution in [0.1, 0.15) is 44.6 Å². The average molecular weight is 250 g/mol. The molecule has 0 aliphatic carbocycles. The Morgan fingerprint density at radius 1 is 1.00 bits per heavy atom. The molecule has 0 aliphatic heterocycles. The zero-order valence-corrected chi connectivity index (χ0v) is 11.5. The minimum Gasteiger partial charge on any atom is -0.399 e. The highest BCUT2D eigenvalue weighted by molar-refractivity contribution is 5.56. The van der Waals surface area contributed by atoms with Crippen LogP contribution in [0.15, 0.2) is 18.2 Å². The van der Waals surface area contributed by atoms with Gasteiger partial charge in [0.2, 0.25) is 0 Å². The van der Waals surface area contributed by atoms with Gasteiger partial charge in [-0.05, 0) is 30.5 Å². The summed E-state index contributed by atoms with van der Waals surface area (Å²) in [5, 5.41) is 0. The van der Waals surface area contributed by atoms with Crippen LogP contribution in [0.3, 0.4) is 0 Å². The topological polar surface area (TPSA) is 61.3 Å². The number of anilines is 2. The minimum atomic E-state index is 0.716. The van der Waals surface area contributed by atoms with E-state index < -0.39 is 0 Å². The van der Waals surface area contributed by atoms with Crippen molar-refractivity contribution in [3.8, 4) is 0 Å². The van der Waals surface area contributed by atoms with Crippen LogP contribution in [0.4, 0.5) is 11.4 Å². The molecule has 0 heterocycles. The number of rotatable bonds is 9. The van der Waals surface area contributed by atoms with Crippen molar-refractivity contribution in [3.63, 3.8) is 0 Å². The molecule has 0 saturated carbocycles. The van der Waals surface area contributed by atoms with E-state index in [2.05, 4.69) is 6.92 Å². The zero-order chi connectivity index (χ0) is 13.2. The Morgan fingerprint density at radius 2 is 1.78 bits per heavy atom. The predicted molar refractivity (Wildman–Crippen MR) is 78.5 cm³/mol. The number of unbranched alkanes of at least 4 members (excludes halogenated alkanes) is 4. The van der Waals surface area contributed by atoms with Gasteiger partial charge in [0.05, 0.1) is 6.61 Å². The third-order valence-corrected chi connectivity index (χ3v) is 3.08. The van der Waals surface area contributed by atoms with Crippen molar-refractivity contribution < 1.29 is 4.74 Å².